The largest absolute Gasteiger partial charge is 0.495 e. The number of carbonyl (C=O) groups is 2. The first-order valence-corrected chi connectivity index (χ1v) is 15.0. The maximum atomic E-state index is 13.7. The Kier molecular flexibility index (Phi) is 11.2. The van der Waals surface area contributed by atoms with E-state index in [-0.39, 0.29) is 11.8 Å². The third kappa shape index (κ3) is 7.82. The number of amides is 2. The molecule has 0 radical (unpaired) electrons. The molecule has 0 atom stereocenters. The summed E-state index contributed by atoms with van der Waals surface area (Å²) < 4.78 is 5.59. The zero-order valence-corrected chi connectivity index (χ0v) is 25.5. The van der Waals surface area contributed by atoms with E-state index in [4.69, 9.17) is 4.74 Å². The van der Waals surface area contributed by atoms with Crippen LogP contribution in [0.5, 0.6) is 5.75 Å². The molecule has 3 aromatic rings. The fourth-order valence-electron chi connectivity index (χ4n) is 5.32. The topological polar surface area (TPSA) is 68.4 Å². The lowest BCUT2D eigenvalue weighted by molar-refractivity contribution is 0.0949. The predicted octanol–water partition coefficient (Wildman–Crippen LogP) is 5.15. The van der Waals surface area contributed by atoms with Crippen LogP contribution in [-0.4, -0.2) is 83.7 Å². The molecule has 0 aliphatic carbocycles. The minimum absolute atomic E-state index is 0.0560. The van der Waals surface area contributed by atoms with Crippen molar-refractivity contribution in [3.05, 3.63) is 83.9 Å². The number of rotatable bonds is 13. The van der Waals surface area contributed by atoms with Gasteiger partial charge < -0.3 is 29.7 Å². The highest BCUT2D eigenvalue weighted by molar-refractivity contribution is 6.07. The maximum absolute atomic E-state index is 13.7. The quantitative estimate of drug-likeness (QED) is 0.286. The molecule has 0 bridgehead atoms. The number of para-hydroxylation sites is 2. The third-order valence-corrected chi connectivity index (χ3v) is 7.65. The fraction of sp³-hybridized carbons (Fsp3) is 0.412. The van der Waals surface area contributed by atoms with E-state index >= 15 is 0 Å². The molecule has 1 heterocycles. The molecule has 3 aromatic carbocycles. The van der Waals surface area contributed by atoms with Crippen molar-refractivity contribution < 1.29 is 14.3 Å². The highest BCUT2D eigenvalue weighted by Crippen LogP contribution is 2.32. The fourth-order valence-corrected chi connectivity index (χ4v) is 5.32. The Balaban J connectivity index is 1.61. The van der Waals surface area contributed by atoms with E-state index in [0.29, 0.717) is 24.2 Å². The van der Waals surface area contributed by atoms with Crippen LogP contribution in [0.15, 0.2) is 72.8 Å². The number of benzene rings is 3. The highest BCUT2D eigenvalue weighted by Gasteiger charge is 2.25. The van der Waals surface area contributed by atoms with E-state index in [9.17, 15) is 9.59 Å². The Bertz CT molecular complexity index is 1310. The summed E-state index contributed by atoms with van der Waals surface area (Å²) in [6.45, 7) is 7.33. The molecule has 1 N–H and O–H groups in total. The Morgan fingerprint density at radius 2 is 1.50 bits per heavy atom. The summed E-state index contributed by atoms with van der Waals surface area (Å²) in [5, 5.41) is 3.13. The van der Waals surface area contributed by atoms with Gasteiger partial charge in [0.2, 0.25) is 0 Å². The van der Waals surface area contributed by atoms with Crippen molar-refractivity contribution >= 4 is 28.9 Å². The van der Waals surface area contributed by atoms with E-state index < -0.39 is 0 Å². The number of carbonyl (C=O) groups excluding carboxylic acids is 2. The smallest absolute Gasteiger partial charge is 0.258 e. The highest BCUT2D eigenvalue weighted by atomic mass is 16.5. The SMILES string of the molecule is CCCCN(C(=O)c1ccccc1)c1ccc(N2CCN(c3ccccc3OC)CC2)c(C(=O)NCCCN(C)C)c1. The number of hydrogen-bond acceptors (Lipinski definition) is 6. The number of nitrogens with one attached hydrogen (secondary N) is 1. The zero-order chi connectivity index (χ0) is 29.9. The molecule has 0 unspecified atom stereocenters. The molecule has 224 valence electrons. The van der Waals surface area contributed by atoms with E-state index in [1.54, 1.807) is 7.11 Å². The van der Waals surface area contributed by atoms with Crippen LogP contribution < -0.4 is 24.8 Å². The monoisotopic (exact) mass is 571 g/mol. The first kappa shape index (κ1) is 30.9. The van der Waals surface area contributed by atoms with Gasteiger partial charge in [-0.2, -0.15) is 0 Å². The number of anilines is 3. The van der Waals surface area contributed by atoms with Gasteiger partial charge in [0.15, 0.2) is 0 Å². The molecule has 0 spiro atoms. The van der Waals surface area contributed by atoms with Crippen molar-refractivity contribution in [3.8, 4) is 5.75 Å². The van der Waals surface area contributed by atoms with Crippen molar-refractivity contribution in [1.29, 1.82) is 0 Å². The number of unbranched alkanes of at least 4 members (excludes halogenated alkanes) is 1. The van der Waals surface area contributed by atoms with Crippen molar-refractivity contribution in [2.75, 3.05) is 81.7 Å². The van der Waals surface area contributed by atoms with E-state index in [2.05, 4.69) is 33.0 Å². The van der Waals surface area contributed by atoms with Gasteiger partial charge in [-0.05, 0) is 75.9 Å². The third-order valence-electron chi connectivity index (χ3n) is 7.65. The molecule has 4 rings (SSSR count). The summed E-state index contributed by atoms with van der Waals surface area (Å²) in [5.41, 5.74) is 3.96. The summed E-state index contributed by atoms with van der Waals surface area (Å²) in [7, 11) is 5.76. The molecular formula is C34H45N5O3. The van der Waals surface area contributed by atoms with Crippen LogP contribution in [0.3, 0.4) is 0 Å². The lowest BCUT2D eigenvalue weighted by atomic mass is 10.1. The molecular weight excluding hydrogens is 526 g/mol. The van der Waals surface area contributed by atoms with E-state index in [1.807, 2.05) is 85.7 Å². The Hall–Kier alpha value is -4.04. The molecule has 1 aliphatic heterocycles. The van der Waals surface area contributed by atoms with E-state index in [1.165, 1.54) is 0 Å². The summed E-state index contributed by atoms with van der Waals surface area (Å²) in [4.78, 5) is 35.8. The van der Waals surface area contributed by atoms with Crippen LogP contribution in [0.1, 0.15) is 46.9 Å². The first-order chi connectivity index (χ1) is 20.4. The number of piperazine rings is 1. The molecule has 8 nitrogen and oxygen atoms in total. The average molecular weight is 572 g/mol. The average Bonchev–Trinajstić information content (AvgIpc) is 3.03. The lowest BCUT2D eigenvalue weighted by Crippen LogP contribution is -2.47. The Morgan fingerprint density at radius 3 is 2.17 bits per heavy atom. The summed E-state index contributed by atoms with van der Waals surface area (Å²) >= 11 is 0. The molecule has 8 heteroatoms. The van der Waals surface area contributed by atoms with Crippen molar-refractivity contribution in [3.63, 3.8) is 0 Å². The standard InChI is InChI=1S/C34H45N5O3/c1-5-6-21-39(34(41)27-13-8-7-9-14-27)28-17-18-30(29(26-28)33(40)35-19-12-20-36(2)3)37-22-24-38(25-23-37)31-15-10-11-16-32(31)42-4/h7-11,13-18,26H,5-6,12,19-25H2,1-4H3,(H,35,40). The van der Waals surface area contributed by atoms with Crippen LogP contribution in [0.4, 0.5) is 17.1 Å². The summed E-state index contributed by atoms with van der Waals surface area (Å²) in [5.74, 6) is 0.697. The first-order valence-electron chi connectivity index (χ1n) is 15.0. The van der Waals surface area contributed by atoms with Crippen LogP contribution in [0, 0.1) is 0 Å². The van der Waals surface area contributed by atoms with Crippen molar-refractivity contribution in [2.24, 2.45) is 0 Å². The number of nitrogens with zero attached hydrogens (tertiary/aromatic N) is 4. The summed E-state index contributed by atoms with van der Waals surface area (Å²) in [6, 6.07) is 23.3. The van der Waals surface area contributed by atoms with Crippen molar-refractivity contribution in [2.45, 2.75) is 26.2 Å². The molecule has 1 aliphatic rings. The van der Waals surface area contributed by atoms with Gasteiger partial charge in [-0.1, -0.05) is 43.7 Å². The number of methoxy groups -OCH3 is 1. The molecule has 0 saturated carbocycles. The van der Waals surface area contributed by atoms with Crippen LogP contribution in [-0.2, 0) is 0 Å². The minimum atomic E-state index is -0.111. The van der Waals surface area contributed by atoms with Gasteiger partial charge in [0.05, 0.1) is 18.4 Å². The second-order valence-corrected chi connectivity index (χ2v) is 10.9. The summed E-state index contributed by atoms with van der Waals surface area (Å²) in [6.07, 6.45) is 2.70. The van der Waals surface area contributed by atoms with Crippen molar-refractivity contribution in [1.82, 2.24) is 10.2 Å². The van der Waals surface area contributed by atoms with Gasteiger partial charge in [0.25, 0.3) is 11.8 Å². The maximum Gasteiger partial charge on any atom is 0.258 e. The van der Waals surface area contributed by atoms with Gasteiger partial charge >= 0.3 is 0 Å². The Labute approximate surface area is 250 Å². The van der Waals surface area contributed by atoms with Crippen LogP contribution >= 0.6 is 0 Å². The molecule has 1 saturated heterocycles. The van der Waals surface area contributed by atoms with Crippen LogP contribution in [0.25, 0.3) is 0 Å². The van der Waals surface area contributed by atoms with Gasteiger partial charge in [0, 0.05) is 56.2 Å². The Morgan fingerprint density at radius 1 is 0.833 bits per heavy atom. The van der Waals surface area contributed by atoms with Crippen LogP contribution in [0.2, 0.25) is 0 Å². The zero-order valence-electron chi connectivity index (χ0n) is 25.5. The second-order valence-electron chi connectivity index (χ2n) is 10.9. The molecule has 0 aromatic heterocycles. The van der Waals surface area contributed by atoms with E-state index in [0.717, 1.165) is 74.8 Å². The van der Waals surface area contributed by atoms with Gasteiger partial charge in [-0.3, -0.25) is 9.59 Å². The lowest BCUT2D eigenvalue weighted by Gasteiger charge is -2.38. The molecule has 1 fully saturated rings. The number of hydrogen-bond donors (Lipinski definition) is 1. The van der Waals surface area contributed by atoms with Gasteiger partial charge in [-0.15, -0.1) is 0 Å². The minimum Gasteiger partial charge on any atom is -0.495 e. The normalized spacial score (nSPS) is 13.3. The number of ether oxygens (including phenoxy) is 1. The molecule has 2 amide bonds. The predicted molar refractivity (Wildman–Crippen MR) is 172 cm³/mol. The van der Waals surface area contributed by atoms with Gasteiger partial charge in [-0.25, -0.2) is 0 Å². The molecule has 42 heavy (non-hydrogen) atoms. The van der Waals surface area contributed by atoms with Gasteiger partial charge in [0.1, 0.15) is 5.75 Å². The second kappa shape index (κ2) is 15.3.